The van der Waals surface area contributed by atoms with Gasteiger partial charge in [0, 0.05) is 6.42 Å². The molecule has 8 heteroatoms. The molecular weight excluding hydrogens is 444 g/mol. The summed E-state index contributed by atoms with van der Waals surface area (Å²) in [5, 5.41) is 32.1. The second-order valence-electron chi connectivity index (χ2n) is 12.2. The highest BCUT2D eigenvalue weighted by atomic mass is 32.2. The maximum absolute atomic E-state index is 11.7. The van der Waals surface area contributed by atoms with Gasteiger partial charge in [0.25, 0.3) is 10.1 Å². The van der Waals surface area contributed by atoms with Crippen molar-refractivity contribution in [3.8, 4) is 0 Å². The van der Waals surface area contributed by atoms with Gasteiger partial charge >= 0.3 is 5.97 Å². The van der Waals surface area contributed by atoms with Crippen molar-refractivity contribution >= 4 is 16.1 Å². The van der Waals surface area contributed by atoms with Gasteiger partial charge in [-0.2, -0.15) is 8.42 Å². The van der Waals surface area contributed by atoms with Crippen molar-refractivity contribution in [2.24, 2.45) is 46.3 Å². The number of carboxylic acids is 1. The highest BCUT2D eigenvalue weighted by Gasteiger charge is 2.65. The lowest BCUT2D eigenvalue weighted by molar-refractivity contribution is -0.206. The third-order valence-corrected chi connectivity index (χ3v) is 11.2. The van der Waals surface area contributed by atoms with Gasteiger partial charge in [0.1, 0.15) is 0 Å². The molecule has 0 aromatic heterocycles. The van der Waals surface area contributed by atoms with Crippen LogP contribution in [0.4, 0.5) is 0 Å². The summed E-state index contributed by atoms with van der Waals surface area (Å²) in [6.07, 6.45) is 6.02. The van der Waals surface area contributed by atoms with Gasteiger partial charge in [-0.05, 0) is 97.7 Å². The number of carboxylic acid groups (broad SMARTS) is 1. The van der Waals surface area contributed by atoms with E-state index in [9.17, 15) is 23.4 Å². The van der Waals surface area contributed by atoms with Gasteiger partial charge < -0.3 is 15.3 Å². The minimum atomic E-state index is -3.51. The minimum absolute atomic E-state index is 0.0451. The maximum atomic E-state index is 11.7. The van der Waals surface area contributed by atoms with Crippen LogP contribution in [0.25, 0.3) is 0 Å². The van der Waals surface area contributed by atoms with Crippen LogP contribution >= 0.6 is 0 Å². The summed E-state index contributed by atoms with van der Waals surface area (Å²) in [5.74, 6) is 0.432. The van der Waals surface area contributed by atoms with E-state index in [0.29, 0.717) is 32.1 Å². The molecule has 4 aliphatic carbocycles. The van der Waals surface area contributed by atoms with Gasteiger partial charge in [-0.1, -0.05) is 20.8 Å². The summed E-state index contributed by atoms with van der Waals surface area (Å²) in [6, 6.07) is 0. The van der Waals surface area contributed by atoms with Crippen LogP contribution in [0.15, 0.2) is 0 Å². The van der Waals surface area contributed by atoms with Crippen LogP contribution in [-0.2, 0) is 19.1 Å². The van der Waals surface area contributed by atoms with Crippen LogP contribution in [0.5, 0.6) is 0 Å². The molecule has 4 saturated carbocycles. The number of aliphatic hydroxyl groups excluding tert-OH is 2. The first kappa shape index (κ1) is 25.4. The molecule has 11 unspecified atom stereocenters. The Morgan fingerprint density at radius 2 is 1.79 bits per heavy atom. The Labute approximate surface area is 198 Å². The standard InChI is InChI=1S/C25H42O7S/c1-14(5-8-22(28)29)17-6-7-18-23-19(13-21(27)25(17,18)3)24(2)10-9-16(32-33(4,30)31)11-15(24)12-20(23)26/h14-21,23,26-27H,5-13H2,1-4H3,(H,28,29). The first-order chi connectivity index (χ1) is 15.3. The molecule has 0 heterocycles. The van der Waals surface area contributed by atoms with Crippen molar-refractivity contribution in [3.63, 3.8) is 0 Å². The molecule has 4 fully saturated rings. The molecule has 11 atom stereocenters. The zero-order valence-corrected chi connectivity index (χ0v) is 21.3. The van der Waals surface area contributed by atoms with E-state index in [4.69, 9.17) is 9.29 Å². The van der Waals surface area contributed by atoms with Gasteiger partial charge in [-0.25, -0.2) is 0 Å². The van der Waals surface area contributed by atoms with Crippen molar-refractivity contribution in [3.05, 3.63) is 0 Å². The molecule has 0 aromatic rings. The van der Waals surface area contributed by atoms with E-state index >= 15 is 0 Å². The van der Waals surface area contributed by atoms with E-state index in [1.165, 1.54) is 0 Å². The number of fused-ring (bicyclic) bond motifs is 5. The zero-order chi connectivity index (χ0) is 24.3. The molecule has 0 bridgehead atoms. The average Bonchev–Trinajstić information content (AvgIpc) is 3.05. The average molecular weight is 487 g/mol. The van der Waals surface area contributed by atoms with Crippen molar-refractivity contribution in [1.29, 1.82) is 0 Å². The van der Waals surface area contributed by atoms with Crippen LogP contribution in [0.3, 0.4) is 0 Å². The summed E-state index contributed by atoms with van der Waals surface area (Å²) in [6.45, 7) is 6.60. The molecule has 4 rings (SSSR count). The Morgan fingerprint density at radius 3 is 2.42 bits per heavy atom. The van der Waals surface area contributed by atoms with Gasteiger partial charge in [0.2, 0.25) is 0 Å². The van der Waals surface area contributed by atoms with Crippen molar-refractivity contribution in [2.75, 3.05) is 6.26 Å². The highest BCUT2D eigenvalue weighted by Crippen LogP contribution is 2.68. The quantitative estimate of drug-likeness (QED) is 0.492. The summed E-state index contributed by atoms with van der Waals surface area (Å²) in [5.41, 5.74) is -0.351. The smallest absolute Gasteiger partial charge is 0.303 e. The van der Waals surface area contributed by atoms with Crippen LogP contribution < -0.4 is 0 Å². The Balaban J connectivity index is 1.56. The largest absolute Gasteiger partial charge is 0.481 e. The number of carbonyl (C=O) groups is 1. The lowest BCUT2D eigenvalue weighted by atomic mass is 9.43. The first-order valence-corrected chi connectivity index (χ1v) is 14.5. The fraction of sp³-hybridized carbons (Fsp3) is 0.960. The minimum Gasteiger partial charge on any atom is -0.481 e. The summed E-state index contributed by atoms with van der Waals surface area (Å²) in [4.78, 5) is 11.1. The second-order valence-corrected chi connectivity index (χ2v) is 13.8. The topological polar surface area (TPSA) is 121 Å². The number of hydrogen-bond donors (Lipinski definition) is 3. The third-order valence-electron chi connectivity index (χ3n) is 10.6. The van der Waals surface area contributed by atoms with Gasteiger partial charge in [-0.15, -0.1) is 0 Å². The van der Waals surface area contributed by atoms with Gasteiger partial charge in [0.05, 0.1) is 24.6 Å². The molecule has 0 amide bonds. The molecule has 4 aliphatic rings. The van der Waals surface area contributed by atoms with E-state index in [2.05, 4.69) is 20.8 Å². The normalized spacial score (nSPS) is 48.4. The summed E-state index contributed by atoms with van der Waals surface area (Å²) in [7, 11) is -3.51. The molecule has 33 heavy (non-hydrogen) atoms. The molecule has 0 aliphatic heterocycles. The predicted octanol–water partition coefficient (Wildman–Crippen LogP) is 3.43. The number of hydrogen-bond acceptors (Lipinski definition) is 6. The molecule has 7 nitrogen and oxygen atoms in total. The Kier molecular flexibility index (Phi) is 6.74. The number of rotatable bonds is 6. The molecule has 0 saturated heterocycles. The van der Waals surface area contributed by atoms with E-state index < -0.39 is 28.3 Å². The molecule has 190 valence electrons. The van der Waals surface area contributed by atoms with Gasteiger partial charge in [-0.3, -0.25) is 8.98 Å². The van der Waals surface area contributed by atoms with Crippen LogP contribution in [-0.4, -0.2) is 54.3 Å². The fourth-order valence-electron chi connectivity index (χ4n) is 9.00. The van der Waals surface area contributed by atoms with Crippen molar-refractivity contribution < 1.29 is 32.7 Å². The second kappa shape index (κ2) is 8.75. The fourth-order valence-corrected chi connectivity index (χ4v) is 9.67. The van der Waals surface area contributed by atoms with Crippen molar-refractivity contribution in [1.82, 2.24) is 0 Å². The zero-order valence-electron chi connectivity index (χ0n) is 20.4. The monoisotopic (exact) mass is 486 g/mol. The third kappa shape index (κ3) is 4.38. The maximum Gasteiger partial charge on any atom is 0.303 e. The predicted molar refractivity (Wildman–Crippen MR) is 124 cm³/mol. The molecular formula is C25H42O7S. The Hall–Kier alpha value is -0.700. The van der Waals surface area contributed by atoms with Gasteiger partial charge in [0.15, 0.2) is 0 Å². The molecule has 0 spiro atoms. The van der Waals surface area contributed by atoms with E-state index in [0.717, 1.165) is 25.5 Å². The van der Waals surface area contributed by atoms with E-state index in [-0.39, 0.29) is 58.9 Å². The van der Waals surface area contributed by atoms with E-state index in [1.54, 1.807) is 0 Å². The summed E-state index contributed by atoms with van der Waals surface area (Å²) < 4.78 is 28.7. The lowest BCUT2D eigenvalue weighted by Gasteiger charge is -2.63. The van der Waals surface area contributed by atoms with Crippen LogP contribution in [0.1, 0.15) is 78.6 Å². The molecule has 0 radical (unpaired) electrons. The molecule has 3 N–H and O–H groups in total. The molecule has 0 aromatic carbocycles. The SMILES string of the molecule is CC(CCC(=O)O)C1CCC2C3C(O)CC4CC(OS(C)(=O)=O)CCC4(C)C3CC(O)C12C. The van der Waals surface area contributed by atoms with Crippen LogP contribution in [0.2, 0.25) is 0 Å². The number of aliphatic carboxylic acids is 1. The van der Waals surface area contributed by atoms with Crippen LogP contribution in [0, 0.1) is 46.3 Å². The van der Waals surface area contributed by atoms with E-state index in [1.807, 2.05) is 0 Å². The Morgan fingerprint density at radius 1 is 1.09 bits per heavy atom. The Bertz CT molecular complexity index is 859. The number of aliphatic hydroxyl groups is 2. The lowest BCUT2D eigenvalue weighted by Crippen LogP contribution is -2.62. The van der Waals surface area contributed by atoms with Crippen molar-refractivity contribution in [2.45, 2.75) is 96.9 Å². The highest BCUT2D eigenvalue weighted by molar-refractivity contribution is 7.86. The summed E-state index contributed by atoms with van der Waals surface area (Å²) >= 11 is 0. The first-order valence-electron chi connectivity index (χ1n) is 12.7.